The summed E-state index contributed by atoms with van der Waals surface area (Å²) in [7, 11) is 0. The molecule has 2 heterocycles. The monoisotopic (exact) mass is 525 g/mol. The molecule has 8 nitrogen and oxygen atoms in total. The number of halogens is 4. The number of pyridine rings is 1. The van der Waals surface area contributed by atoms with Crippen molar-refractivity contribution in [2.75, 3.05) is 9.80 Å². The summed E-state index contributed by atoms with van der Waals surface area (Å²) in [5.74, 6) is -2.14. The molecule has 0 bridgehead atoms. The van der Waals surface area contributed by atoms with Crippen molar-refractivity contribution in [3.8, 4) is 6.07 Å². The summed E-state index contributed by atoms with van der Waals surface area (Å²) in [6.45, 7) is 2.57. The molecule has 1 aromatic heterocycles. The summed E-state index contributed by atoms with van der Waals surface area (Å²) in [5, 5.41) is 11.6. The van der Waals surface area contributed by atoms with Gasteiger partial charge in [-0.05, 0) is 56.3 Å². The van der Waals surface area contributed by atoms with Crippen molar-refractivity contribution in [1.29, 1.82) is 5.26 Å². The van der Waals surface area contributed by atoms with Gasteiger partial charge in [-0.1, -0.05) is 12.1 Å². The lowest BCUT2D eigenvalue weighted by Gasteiger charge is -2.28. The van der Waals surface area contributed by atoms with E-state index >= 15 is 0 Å². The van der Waals surface area contributed by atoms with Crippen LogP contribution >= 0.6 is 0 Å². The fourth-order valence-electron chi connectivity index (χ4n) is 4.04. The van der Waals surface area contributed by atoms with E-state index in [1.54, 1.807) is 12.1 Å². The summed E-state index contributed by atoms with van der Waals surface area (Å²) in [6.07, 6.45) is -3.46. The highest BCUT2D eigenvalue weighted by atomic mass is 19.4. The second-order valence-corrected chi connectivity index (χ2v) is 8.83. The number of anilines is 2. The molecule has 0 atom stereocenters. The molecule has 0 aliphatic carbocycles. The lowest BCUT2D eigenvalue weighted by atomic mass is 10.0. The number of nitriles is 1. The largest absolute Gasteiger partial charge is 0.417 e. The molecule has 2 aromatic carbocycles. The Morgan fingerprint density at radius 2 is 1.79 bits per heavy atom. The van der Waals surface area contributed by atoms with Crippen LogP contribution in [0.1, 0.15) is 41.0 Å². The molecular formula is C26H19F4N5O3. The number of imide groups is 1. The van der Waals surface area contributed by atoms with Gasteiger partial charge in [0.15, 0.2) is 0 Å². The maximum atomic E-state index is 15.0. The minimum absolute atomic E-state index is 0.0159. The Balaban J connectivity index is 1.62. The number of rotatable bonds is 5. The number of hydrogen-bond donors (Lipinski definition) is 1. The summed E-state index contributed by atoms with van der Waals surface area (Å²) in [6, 6.07) is 11.4. The Morgan fingerprint density at radius 3 is 2.39 bits per heavy atom. The van der Waals surface area contributed by atoms with Crippen molar-refractivity contribution in [3.05, 3.63) is 89.0 Å². The van der Waals surface area contributed by atoms with Crippen molar-refractivity contribution in [3.63, 3.8) is 0 Å². The maximum Gasteiger partial charge on any atom is 0.417 e. The predicted octanol–water partition coefficient (Wildman–Crippen LogP) is 4.79. The average Bonchev–Trinajstić information content (AvgIpc) is 3.05. The Bertz CT molecular complexity index is 1480. The number of urea groups is 1. The highest BCUT2D eigenvalue weighted by Crippen LogP contribution is 2.39. The van der Waals surface area contributed by atoms with Crippen LogP contribution in [0.5, 0.6) is 0 Å². The first kappa shape index (κ1) is 26.3. The summed E-state index contributed by atoms with van der Waals surface area (Å²) in [5.41, 5.74) is -3.70. The third kappa shape index (κ3) is 4.66. The van der Waals surface area contributed by atoms with Crippen molar-refractivity contribution < 1.29 is 31.9 Å². The van der Waals surface area contributed by atoms with E-state index in [0.717, 1.165) is 23.1 Å². The molecule has 1 aliphatic heterocycles. The quantitative estimate of drug-likeness (QED) is 0.381. The number of carbonyl (C=O) groups is 3. The first-order valence-electron chi connectivity index (χ1n) is 11.1. The summed E-state index contributed by atoms with van der Waals surface area (Å²) >= 11 is 0. The van der Waals surface area contributed by atoms with Gasteiger partial charge in [-0.3, -0.25) is 19.5 Å². The van der Waals surface area contributed by atoms with Gasteiger partial charge in [-0.2, -0.15) is 18.4 Å². The normalized spacial score (nSPS) is 15.0. The van der Waals surface area contributed by atoms with Crippen LogP contribution in [0, 0.1) is 17.1 Å². The van der Waals surface area contributed by atoms with Gasteiger partial charge < -0.3 is 5.32 Å². The molecule has 1 N–H and O–H groups in total. The Labute approximate surface area is 214 Å². The average molecular weight is 525 g/mol. The molecule has 1 fully saturated rings. The molecule has 0 spiro atoms. The van der Waals surface area contributed by atoms with Gasteiger partial charge in [0.05, 0.1) is 22.9 Å². The van der Waals surface area contributed by atoms with E-state index in [9.17, 15) is 31.9 Å². The molecule has 4 amide bonds. The van der Waals surface area contributed by atoms with Gasteiger partial charge in [0.25, 0.3) is 11.8 Å². The summed E-state index contributed by atoms with van der Waals surface area (Å²) in [4.78, 5) is 44.1. The predicted molar refractivity (Wildman–Crippen MR) is 127 cm³/mol. The standard InChI is InChI=1S/C26H19F4N5O3/c1-25(2)23(37)34(17-8-6-15(13-31)19(11-17)26(28,29)30)24(38)35(25)18-9-7-16(20(27)12-18)14-33-22(36)21-5-3-4-10-32-21/h3-12H,14H2,1-2H3,(H,33,36). The molecule has 3 aromatic rings. The summed E-state index contributed by atoms with van der Waals surface area (Å²) < 4.78 is 55.3. The number of nitrogens with zero attached hydrogens (tertiary/aromatic N) is 4. The molecule has 0 radical (unpaired) electrons. The third-order valence-electron chi connectivity index (χ3n) is 5.99. The number of benzene rings is 2. The molecule has 1 aliphatic rings. The Hall–Kier alpha value is -4.79. The zero-order chi connectivity index (χ0) is 27.8. The van der Waals surface area contributed by atoms with Crippen LogP contribution in [0.4, 0.5) is 33.7 Å². The van der Waals surface area contributed by atoms with Crippen LogP contribution in [-0.2, 0) is 17.5 Å². The highest BCUT2D eigenvalue weighted by molar-refractivity contribution is 6.30. The van der Waals surface area contributed by atoms with Gasteiger partial charge in [0.2, 0.25) is 0 Å². The van der Waals surface area contributed by atoms with Gasteiger partial charge in [-0.25, -0.2) is 14.1 Å². The first-order chi connectivity index (χ1) is 17.9. The van der Waals surface area contributed by atoms with E-state index in [1.807, 2.05) is 0 Å². The minimum atomic E-state index is -4.90. The van der Waals surface area contributed by atoms with E-state index in [-0.39, 0.29) is 29.2 Å². The van der Waals surface area contributed by atoms with Crippen LogP contribution in [0.3, 0.4) is 0 Å². The van der Waals surface area contributed by atoms with Crippen molar-refractivity contribution in [1.82, 2.24) is 10.3 Å². The lowest BCUT2D eigenvalue weighted by Crippen LogP contribution is -2.44. The van der Waals surface area contributed by atoms with E-state index in [2.05, 4.69) is 10.3 Å². The molecule has 38 heavy (non-hydrogen) atoms. The minimum Gasteiger partial charge on any atom is -0.347 e. The number of nitrogens with one attached hydrogen (secondary N) is 1. The van der Waals surface area contributed by atoms with Crippen molar-refractivity contribution in [2.45, 2.75) is 32.1 Å². The van der Waals surface area contributed by atoms with Crippen LogP contribution in [-0.4, -0.2) is 28.4 Å². The van der Waals surface area contributed by atoms with Gasteiger partial charge in [0.1, 0.15) is 17.1 Å². The van der Waals surface area contributed by atoms with Gasteiger partial charge >= 0.3 is 12.2 Å². The molecule has 0 unspecified atom stereocenters. The van der Waals surface area contributed by atoms with Crippen LogP contribution in [0.15, 0.2) is 60.8 Å². The highest BCUT2D eigenvalue weighted by Gasteiger charge is 2.53. The molecule has 12 heteroatoms. The number of amides is 4. The van der Waals surface area contributed by atoms with E-state index in [4.69, 9.17) is 5.26 Å². The van der Waals surface area contributed by atoms with Crippen LogP contribution < -0.4 is 15.1 Å². The van der Waals surface area contributed by atoms with Crippen LogP contribution in [0.25, 0.3) is 0 Å². The van der Waals surface area contributed by atoms with E-state index in [0.29, 0.717) is 11.0 Å². The second kappa shape index (κ2) is 9.59. The lowest BCUT2D eigenvalue weighted by molar-refractivity contribution is -0.137. The second-order valence-electron chi connectivity index (χ2n) is 8.83. The number of alkyl halides is 3. The Morgan fingerprint density at radius 1 is 1.08 bits per heavy atom. The molecular weight excluding hydrogens is 506 g/mol. The van der Waals surface area contributed by atoms with Crippen molar-refractivity contribution >= 4 is 29.2 Å². The van der Waals surface area contributed by atoms with E-state index in [1.165, 1.54) is 44.3 Å². The molecule has 0 saturated carbocycles. The zero-order valence-corrected chi connectivity index (χ0v) is 20.0. The molecule has 4 rings (SSSR count). The maximum absolute atomic E-state index is 15.0. The zero-order valence-electron chi connectivity index (χ0n) is 20.0. The Kier molecular flexibility index (Phi) is 6.63. The van der Waals surface area contributed by atoms with Gasteiger partial charge in [-0.15, -0.1) is 0 Å². The fraction of sp³-hybridized carbons (Fsp3) is 0.192. The number of carbonyl (C=O) groups excluding carboxylic acids is 3. The van der Waals surface area contributed by atoms with Gasteiger partial charge in [0, 0.05) is 24.0 Å². The number of hydrogen-bond acceptors (Lipinski definition) is 5. The molecule has 1 saturated heterocycles. The van der Waals surface area contributed by atoms with E-state index < -0.39 is 46.5 Å². The van der Waals surface area contributed by atoms with Crippen LogP contribution in [0.2, 0.25) is 0 Å². The third-order valence-corrected chi connectivity index (χ3v) is 5.99. The number of aromatic nitrogens is 1. The molecule has 194 valence electrons. The topological polar surface area (TPSA) is 106 Å². The first-order valence-corrected chi connectivity index (χ1v) is 11.1. The fourth-order valence-corrected chi connectivity index (χ4v) is 4.04. The van der Waals surface area contributed by atoms with Crippen molar-refractivity contribution in [2.24, 2.45) is 0 Å². The smallest absolute Gasteiger partial charge is 0.347 e. The SMILES string of the molecule is CC1(C)C(=O)N(c2ccc(C#N)c(C(F)(F)F)c2)C(=O)N1c1ccc(CNC(=O)c2ccccn2)c(F)c1.